The topological polar surface area (TPSA) is 35.8 Å². The van der Waals surface area contributed by atoms with Crippen LogP contribution in [0.5, 0.6) is 0 Å². The zero-order chi connectivity index (χ0) is 11.3. The summed E-state index contributed by atoms with van der Waals surface area (Å²) in [7, 11) is 0. The number of thiophene rings is 1. The zero-order valence-electron chi connectivity index (χ0n) is 9.16. The van der Waals surface area contributed by atoms with Crippen molar-refractivity contribution in [2.24, 2.45) is 0 Å². The first-order valence-corrected chi connectivity index (χ1v) is 5.85. The third-order valence-corrected chi connectivity index (χ3v) is 3.39. The van der Waals surface area contributed by atoms with Crippen LogP contribution in [0.1, 0.15) is 36.1 Å². The van der Waals surface area contributed by atoms with Crippen LogP contribution in [0.4, 0.5) is 0 Å². The van der Waals surface area contributed by atoms with Gasteiger partial charge in [0.15, 0.2) is 0 Å². The van der Waals surface area contributed by atoms with E-state index in [1.165, 1.54) is 4.88 Å². The molecule has 1 aromatic rings. The van der Waals surface area contributed by atoms with Gasteiger partial charge in [-0.3, -0.25) is 0 Å². The van der Waals surface area contributed by atoms with Crippen LogP contribution in [0.2, 0.25) is 0 Å². The van der Waals surface area contributed by atoms with Crippen molar-refractivity contribution in [2.45, 2.75) is 32.4 Å². The van der Waals surface area contributed by atoms with E-state index < -0.39 is 0 Å². The maximum Gasteiger partial charge on any atom is 0.110 e. The standard InChI is InChI=1S/C12H16N2S/c1-4-5-9(2)14-10(3)12-7-6-11(8-13)15-12/h4,6-7,9-10,14H,1,5H2,2-3H3. The highest BCUT2D eigenvalue weighted by Gasteiger charge is 2.10. The third-order valence-electron chi connectivity index (χ3n) is 2.22. The Morgan fingerprint density at radius 1 is 1.60 bits per heavy atom. The second-order valence-electron chi connectivity index (χ2n) is 3.63. The van der Waals surface area contributed by atoms with Gasteiger partial charge in [-0.15, -0.1) is 17.9 Å². The van der Waals surface area contributed by atoms with Crippen LogP contribution >= 0.6 is 11.3 Å². The molecule has 0 aliphatic heterocycles. The van der Waals surface area contributed by atoms with Crippen LogP contribution in [0.15, 0.2) is 24.8 Å². The average Bonchev–Trinajstić information content (AvgIpc) is 2.66. The van der Waals surface area contributed by atoms with Crippen LogP contribution in [0.3, 0.4) is 0 Å². The zero-order valence-corrected chi connectivity index (χ0v) is 9.97. The summed E-state index contributed by atoms with van der Waals surface area (Å²) in [6, 6.07) is 6.76. The van der Waals surface area contributed by atoms with Gasteiger partial charge in [0.05, 0.1) is 0 Å². The molecule has 0 fully saturated rings. The van der Waals surface area contributed by atoms with Crippen molar-refractivity contribution in [3.05, 3.63) is 34.5 Å². The number of nitrogens with zero attached hydrogens (tertiary/aromatic N) is 1. The summed E-state index contributed by atoms with van der Waals surface area (Å²) in [5, 5.41) is 12.2. The third kappa shape index (κ3) is 3.50. The molecule has 0 aromatic carbocycles. The van der Waals surface area contributed by atoms with E-state index in [0.717, 1.165) is 11.3 Å². The normalized spacial score (nSPS) is 14.2. The quantitative estimate of drug-likeness (QED) is 0.773. The van der Waals surface area contributed by atoms with Crippen molar-refractivity contribution in [1.82, 2.24) is 5.32 Å². The molecule has 0 aliphatic rings. The molecule has 0 spiro atoms. The van der Waals surface area contributed by atoms with E-state index in [1.54, 1.807) is 11.3 Å². The molecule has 3 heteroatoms. The fraction of sp³-hybridized carbons (Fsp3) is 0.417. The maximum absolute atomic E-state index is 8.73. The van der Waals surface area contributed by atoms with Gasteiger partial charge in [0.25, 0.3) is 0 Å². The van der Waals surface area contributed by atoms with Gasteiger partial charge in [-0.25, -0.2) is 0 Å². The van der Waals surface area contributed by atoms with Crippen molar-refractivity contribution < 1.29 is 0 Å². The highest BCUT2D eigenvalue weighted by Crippen LogP contribution is 2.22. The molecule has 0 saturated carbocycles. The molecule has 0 aliphatic carbocycles. The van der Waals surface area contributed by atoms with Crippen molar-refractivity contribution in [3.63, 3.8) is 0 Å². The van der Waals surface area contributed by atoms with Crippen LogP contribution in [0.25, 0.3) is 0 Å². The molecule has 2 unspecified atom stereocenters. The molecule has 2 nitrogen and oxygen atoms in total. The molecule has 0 bridgehead atoms. The summed E-state index contributed by atoms with van der Waals surface area (Å²) in [6.07, 6.45) is 2.88. The van der Waals surface area contributed by atoms with Crippen LogP contribution in [-0.2, 0) is 0 Å². The Labute approximate surface area is 95.2 Å². The number of nitriles is 1. The summed E-state index contributed by atoms with van der Waals surface area (Å²) in [4.78, 5) is 1.98. The van der Waals surface area contributed by atoms with E-state index >= 15 is 0 Å². The number of hydrogen-bond acceptors (Lipinski definition) is 3. The van der Waals surface area contributed by atoms with Gasteiger partial charge in [0.2, 0.25) is 0 Å². The average molecular weight is 220 g/mol. The fourth-order valence-corrected chi connectivity index (χ4v) is 2.29. The van der Waals surface area contributed by atoms with Gasteiger partial charge in [0.1, 0.15) is 10.9 Å². The highest BCUT2D eigenvalue weighted by molar-refractivity contribution is 7.12. The molecule has 1 aromatic heterocycles. The van der Waals surface area contributed by atoms with Crippen molar-refractivity contribution in [3.8, 4) is 6.07 Å². The molecule has 1 N–H and O–H groups in total. The lowest BCUT2D eigenvalue weighted by molar-refractivity contribution is 0.487. The number of hydrogen-bond donors (Lipinski definition) is 1. The first-order chi connectivity index (χ1) is 7.17. The van der Waals surface area contributed by atoms with Gasteiger partial charge >= 0.3 is 0 Å². The molecule has 0 radical (unpaired) electrons. The van der Waals surface area contributed by atoms with E-state index in [1.807, 2.05) is 18.2 Å². The molecular weight excluding hydrogens is 204 g/mol. The minimum absolute atomic E-state index is 0.298. The highest BCUT2D eigenvalue weighted by atomic mass is 32.1. The molecule has 0 amide bonds. The number of rotatable bonds is 5. The minimum atomic E-state index is 0.298. The van der Waals surface area contributed by atoms with Gasteiger partial charge in [-0.05, 0) is 32.4 Å². The van der Waals surface area contributed by atoms with Gasteiger partial charge < -0.3 is 5.32 Å². The second-order valence-corrected chi connectivity index (χ2v) is 4.74. The Hall–Kier alpha value is -1.11. The lowest BCUT2D eigenvalue weighted by Gasteiger charge is -2.17. The van der Waals surface area contributed by atoms with Gasteiger partial charge in [-0.2, -0.15) is 5.26 Å². The summed E-state index contributed by atoms with van der Waals surface area (Å²) < 4.78 is 0. The van der Waals surface area contributed by atoms with Crippen molar-refractivity contribution in [2.75, 3.05) is 0 Å². The van der Waals surface area contributed by atoms with E-state index in [9.17, 15) is 0 Å². The lowest BCUT2D eigenvalue weighted by Crippen LogP contribution is -2.27. The van der Waals surface area contributed by atoms with E-state index in [4.69, 9.17) is 5.26 Å². The van der Waals surface area contributed by atoms with Crippen LogP contribution in [-0.4, -0.2) is 6.04 Å². The summed E-state index contributed by atoms with van der Waals surface area (Å²) in [5.41, 5.74) is 0. The summed E-state index contributed by atoms with van der Waals surface area (Å²) >= 11 is 1.55. The SMILES string of the molecule is C=CCC(C)NC(C)c1ccc(C#N)s1. The molecule has 2 atom stereocenters. The minimum Gasteiger partial charge on any atom is -0.307 e. The molecular formula is C12H16N2S. The maximum atomic E-state index is 8.73. The lowest BCUT2D eigenvalue weighted by atomic mass is 10.2. The Bertz CT molecular complexity index is 362. The Kier molecular flexibility index (Phi) is 4.54. The van der Waals surface area contributed by atoms with Gasteiger partial charge in [0, 0.05) is 17.0 Å². The van der Waals surface area contributed by atoms with Crippen molar-refractivity contribution >= 4 is 11.3 Å². The Morgan fingerprint density at radius 2 is 2.33 bits per heavy atom. The second kappa shape index (κ2) is 5.69. The predicted octanol–water partition coefficient (Wildman–Crippen LogP) is 3.23. The molecule has 1 heterocycles. The van der Waals surface area contributed by atoms with E-state index in [-0.39, 0.29) is 0 Å². The summed E-state index contributed by atoms with van der Waals surface area (Å²) in [5.74, 6) is 0. The van der Waals surface area contributed by atoms with E-state index in [0.29, 0.717) is 12.1 Å². The van der Waals surface area contributed by atoms with Crippen LogP contribution in [0, 0.1) is 11.3 Å². The smallest absolute Gasteiger partial charge is 0.110 e. The molecule has 1 rings (SSSR count). The predicted molar refractivity (Wildman–Crippen MR) is 64.9 cm³/mol. The first-order valence-electron chi connectivity index (χ1n) is 5.04. The van der Waals surface area contributed by atoms with E-state index in [2.05, 4.69) is 31.8 Å². The monoisotopic (exact) mass is 220 g/mol. The van der Waals surface area contributed by atoms with Crippen LogP contribution < -0.4 is 5.32 Å². The van der Waals surface area contributed by atoms with Crippen molar-refractivity contribution in [1.29, 1.82) is 5.26 Å². The Morgan fingerprint density at radius 3 is 2.87 bits per heavy atom. The number of nitrogens with one attached hydrogen (secondary N) is 1. The fourth-order valence-electron chi connectivity index (χ4n) is 1.47. The molecule has 80 valence electrons. The molecule has 0 saturated heterocycles. The van der Waals surface area contributed by atoms with Gasteiger partial charge in [-0.1, -0.05) is 6.08 Å². The largest absolute Gasteiger partial charge is 0.307 e. The first kappa shape index (κ1) is 12.0. The molecule has 15 heavy (non-hydrogen) atoms. The summed E-state index contributed by atoms with van der Waals surface area (Å²) in [6.45, 7) is 7.97. The Balaban J connectivity index is 2.57.